The second-order valence-corrected chi connectivity index (χ2v) is 3.44. The van der Waals surface area contributed by atoms with Crippen molar-refractivity contribution < 1.29 is 13.9 Å². The van der Waals surface area contributed by atoms with E-state index in [9.17, 15) is 9.18 Å². The van der Waals surface area contributed by atoms with Crippen LogP contribution in [0.2, 0.25) is 0 Å². The summed E-state index contributed by atoms with van der Waals surface area (Å²) in [6, 6.07) is 0. The molecule has 4 heteroatoms. The van der Waals surface area contributed by atoms with Crippen molar-refractivity contribution >= 4 is 5.97 Å². The van der Waals surface area contributed by atoms with Gasteiger partial charge in [-0.1, -0.05) is 0 Å². The lowest BCUT2D eigenvalue weighted by molar-refractivity contribution is -0.147. The van der Waals surface area contributed by atoms with E-state index in [4.69, 9.17) is 0 Å². The zero-order valence-electron chi connectivity index (χ0n) is 7.88. The molecular formula is C9H16FNO2. The van der Waals surface area contributed by atoms with Gasteiger partial charge in [0, 0.05) is 0 Å². The molecule has 1 saturated heterocycles. The minimum Gasteiger partial charge on any atom is -0.467 e. The van der Waals surface area contributed by atoms with Crippen LogP contribution in [0.15, 0.2) is 0 Å². The third-order valence-corrected chi connectivity index (χ3v) is 2.40. The molecule has 1 heterocycles. The van der Waals surface area contributed by atoms with Crippen LogP contribution < -0.4 is 5.32 Å². The third-order valence-electron chi connectivity index (χ3n) is 2.40. The first-order valence-corrected chi connectivity index (χ1v) is 4.66. The molecule has 0 saturated carbocycles. The van der Waals surface area contributed by atoms with Crippen LogP contribution in [0.1, 0.15) is 19.3 Å². The molecule has 76 valence electrons. The number of carbonyl (C=O) groups is 1. The molecule has 0 spiro atoms. The van der Waals surface area contributed by atoms with E-state index in [2.05, 4.69) is 10.1 Å². The summed E-state index contributed by atoms with van der Waals surface area (Å²) in [7, 11) is 1.22. The SMILES string of the molecule is COC(=O)C(F)CC1CCCNC1. The van der Waals surface area contributed by atoms with E-state index in [0.717, 1.165) is 25.9 Å². The van der Waals surface area contributed by atoms with Gasteiger partial charge in [-0.25, -0.2) is 9.18 Å². The molecule has 1 fully saturated rings. The molecule has 0 aromatic carbocycles. The standard InChI is InChI=1S/C9H16FNO2/c1-13-9(12)8(10)5-7-3-2-4-11-6-7/h7-8,11H,2-6H2,1H3. The number of alkyl halides is 1. The Hall–Kier alpha value is -0.640. The maximum absolute atomic E-state index is 13.1. The average Bonchev–Trinajstić information content (AvgIpc) is 2.18. The molecule has 1 N–H and O–H groups in total. The number of piperidine rings is 1. The number of halogens is 1. The zero-order chi connectivity index (χ0) is 9.68. The first kappa shape index (κ1) is 10.4. The van der Waals surface area contributed by atoms with Crippen molar-refractivity contribution in [2.45, 2.75) is 25.4 Å². The molecule has 3 nitrogen and oxygen atoms in total. The van der Waals surface area contributed by atoms with E-state index in [0.29, 0.717) is 6.42 Å². The van der Waals surface area contributed by atoms with Crippen LogP contribution in [-0.2, 0) is 9.53 Å². The molecule has 0 radical (unpaired) electrons. The minimum absolute atomic E-state index is 0.280. The molecule has 1 rings (SSSR count). The van der Waals surface area contributed by atoms with Crippen molar-refractivity contribution in [3.63, 3.8) is 0 Å². The Morgan fingerprint density at radius 3 is 3.08 bits per heavy atom. The monoisotopic (exact) mass is 189 g/mol. The Labute approximate surface area is 77.6 Å². The van der Waals surface area contributed by atoms with E-state index in [-0.39, 0.29) is 5.92 Å². The van der Waals surface area contributed by atoms with Crippen molar-refractivity contribution in [2.24, 2.45) is 5.92 Å². The highest BCUT2D eigenvalue weighted by molar-refractivity contribution is 5.74. The molecule has 13 heavy (non-hydrogen) atoms. The van der Waals surface area contributed by atoms with Gasteiger partial charge in [0.05, 0.1) is 7.11 Å². The maximum Gasteiger partial charge on any atom is 0.340 e. The van der Waals surface area contributed by atoms with Crippen molar-refractivity contribution in [2.75, 3.05) is 20.2 Å². The molecule has 1 aliphatic heterocycles. The van der Waals surface area contributed by atoms with Crippen LogP contribution in [0.25, 0.3) is 0 Å². The average molecular weight is 189 g/mol. The Balaban J connectivity index is 2.25. The largest absolute Gasteiger partial charge is 0.467 e. The van der Waals surface area contributed by atoms with Gasteiger partial charge in [-0.3, -0.25) is 0 Å². The molecule has 1 aliphatic rings. The van der Waals surface area contributed by atoms with Gasteiger partial charge in [0.2, 0.25) is 0 Å². The number of rotatable bonds is 3. The van der Waals surface area contributed by atoms with Crippen molar-refractivity contribution in [1.29, 1.82) is 0 Å². The van der Waals surface area contributed by atoms with Gasteiger partial charge in [-0.2, -0.15) is 0 Å². The van der Waals surface area contributed by atoms with Crippen LogP contribution in [0.5, 0.6) is 0 Å². The van der Waals surface area contributed by atoms with Crippen LogP contribution in [0.3, 0.4) is 0 Å². The topological polar surface area (TPSA) is 38.3 Å². The summed E-state index contributed by atoms with van der Waals surface area (Å²) >= 11 is 0. The van der Waals surface area contributed by atoms with E-state index in [1.807, 2.05) is 0 Å². The predicted octanol–water partition coefficient (Wildman–Crippen LogP) is 0.887. The fraction of sp³-hybridized carbons (Fsp3) is 0.889. The number of carbonyl (C=O) groups excluding carboxylic acids is 1. The van der Waals surface area contributed by atoms with E-state index >= 15 is 0 Å². The van der Waals surface area contributed by atoms with E-state index < -0.39 is 12.1 Å². The summed E-state index contributed by atoms with van der Waals surface area (Å²) in [5, 5.41) is 3.18. The summed E-state index contributed by atoms with van der Waals surface area (Å²) in [6.45, 7) is 1.82. The Bertz CT molecular complexity index is 169. The van der Waals surface area contributed by atoms with Gasteiger partial charge in [0.15, 0.2) is 6.17 Å². The van der Waals surface area contributed by atoms with Crippen LogP contribution >= 0.6 is 0 Å². The quantitative estimate of drug-likeness (QED) is 0.670. The second-order valence-electron chi connectivity index (χ2n) is 3.44. The van der Waals surface area contributed by atoms with Gasteiger partial charge >= 0.3 is 5.97 Å². The molecule has 0 amide bonds. The summed E-state index contributed by atoms with van der Waals surface area (Å²) in [6.07, 6.45) is 0.915. The Morgan fingerprint density at radius 2 is 2.54 bits per heavy atom. The van der Waals surface area contributed by atoms with E-state index in [1.165, 1.54) is 7.11 Å². The van der Waals surface area contributed by atoms with Crippen LogP contribution in [0, 0.1) is 5.92 Å². The van der Waals surface area contributed by atoms with Crippen molar-refractivity contribution in [1.82, 2.24) is 5.32 Å². The lowest BCUT2D eigenvalue weighted by Gasteiger charge is -2.23. The third kappa shape index (κ3) is 3.30. The molecule has 2 atom stereocenters. The fourth-order valence-corrected chi connectivity index (χ4v) is 1.64. The number of hydrogen-bond donors (Lipinski definition) is 1. The van der Waals surface area contributed by atoms with Gasteiger partial charge in [0.25, 0.3) is 0 Å². The highest BCUT2D eigenvalue weighted by atomic mass is 19.1. The fourth-order valence-electron chi connectivity index (χ4n) is 1.64. The number of esters is 1. The summed E-state index contributed by atoms with van der Waals surface area (Å²) in [4.78, 5) is 10.8. The molecule has 0 aliphatic carbocycles. The summed E-state index contributed by atoms with van der Waals surface area (Å²) < 4.78 is 17.4. The summed E-state index contributed by atoms with van der Waals surface area (Å²) in [5.41, 5.74) is 0. The normalized spacial score (nSPS) is 25.2. The number of nitrogens with one attached hydrogen (secondary N) is 1. The summed E-state index contributed by atoms with van der Waals surface area (Å²) in [5.74, 6) is -0.464. The molecule has 0 aromatic rings. The first-order chi connectivity index (χ1) is 6.24. The molecular weight excluding hydrogens is 173 g/mol. The number of hydrogen-bond acceptors (Lipinski definition) is 3. The van der Waals surface area contributed by atoms with Crippen molar-refractivity contribution in [3.05, 3.63) is 0 Å². The lowest BCUT2D eigenvalue weighted by Crippen LogP contribution is -2.33. The Kier molecular flexibility index (Phi) is 4.15. The highest BCUT2D eigenvalue weighted by Crippen LogP contribution is 2.18. The first-order valence-electron chi connectivity index (χ1n) is 4.66. The molecule has 0 bridgehead atoms. The van der Waals surface area contributed by atoms with Gasteiger partial charge in [0.1, 0.15) is 0 Å². The predicted molar refractivity (Wildman–Crippen MR) is 47.1 cm³/mol. The second kappa shape index (κ2) is 5.17. The Morgan fingerprint density at radius 1 is 1.77 bits per heavy atom. The van der Waals surface area contributed by atoms with E-state index in [1.54, 1.807) is 0 Å². The minimum atomic E-state index is -1.45. The van der Waals surface area contributed by atoms with Crippen LogP contribution in [-0.4, -0.2) is 32.3 Å². The number of ether oxygens (including phenoxy) is 1. The van der Waals surface area contributed by atoms with Crippen molar-refractivity contribution in [3.8, 4) is 0 Å². The van der Waals surface area contributed by atoms with Crippen LogP contribution in [0.4, 0.5) is 4.39 Å². The lowest BCUT2D eigenvalue weighted by atomic mass is 9.94. The zero-order valence-corrected chi connectivity index (χ0v) is 7.88. The maximum atomic E-state index is 13.1. The molecule has 2 unspecified atom stereocenters. The van der Waals surface area contributed by atoms with Gasteiger partial charge in [-0.15, -0.1) is 0 Å². The smallest absolute Gasteiger partial charge is 0.340 e. The highest BCUT2D eigenvalue weighted by Gasteiger charge is 2.23. The van der Waals surface area contributed by atoms with Gasteiger partial charge < -0.3 is 10.1 Å². The molecule has 0 aromatic heterocycles. The van der Waals surface area contributed by atoms with Gasteiger partial charge in [-0.05, 0) is 38.3 Å². The number of methoxy groups -OCH3 is 1.